The van der Waals surface area contributed by atoms with Crippen LogP contribution in [0.15, 0.2) is 16.7 Å². The standard InChI is InChI=1S/C13H20BrN3O/c1-5-6-17(9-13(18)16(3)4)12-7-10(2)11(14)8-15-12/h7-8H,5-6,9H2,1-4H3. The Bertz CT molecular complexity index is 421. The highest BCUT2D eigenvalue weighted by atomic mass is 79.9. The van der Waals surface area contributed by atoms with Gasteiger partial charge in [0.05, 0.1) is 6.54 Å². The summed E-state index contributed by atoms with van der Waals surface area (Å²) in [6.07, 6.45) is 2.77. The Balaban J connectivity index is 2.89. The van der Waals surface area contributed by atoms with Crippen LogP contribution >= 0.6 is 15.9 Å². The maximum absolute atomic E-state index is 11.8. The van der Waals surface area contributed by atoms with Gasteiger partial charge < -0.3 is 9.80 Å². The van der Waals surface area contributed by atoms with E-state index in [1.807, 2.05) is 17.9 Å². The van der Waals surface area contributed by atoms with Crippen LogP contribution in [0, 0.1) is 6.92 Å². The highest BCUT2D eigenvalue weighted by Gasteiger charge is 2.14. The second kappa shape index (κ2) is 6.73. The molecule has 0 aliphatic heterocycles. The van der Waals surface area contributed by atoms with Crippen LogP contribution in [-0.2, 0) is 4.79 Å². The van der Waals surface area contributed by atoms with Gasteiger partial charge in [0.25, 0.3) is 0 Å². The van der Waals surface area contributed by atoms with Crippen molar-refractivity contribution in [1.82, 2.24) is 9.88 Å². The van der Waals surface area contributed by atoms with Crippen molar-refractivity contribution in [1.29, 1.82) is 0 Å². The van der Waals surface area contributed by atoms with E-state index in [4.69, 9.17) is 0 Å². The summed E-state index contributed by atoms with van der Waals surface area (Å²) in [5, 5.41) is 0. The van der Waals surface area contributed by atoms with Crippen molar-refractivity contribution in [2.24, 2.45) is 0 Å². The summed E-state index contributed by atoms with van der Waals surface area (Å²) in [6.45, 7) is 5.31. The lowest BCUT2D eigenvalue weighted by Crippen LogP contribution is -2.37. The van der Waals surface area contributed by atoms with Gasteiger partial charge >= 0.3 is 0 Å². The van der Waals surface area contributed by atoms with E-state index in [-0.39, 0.29) is 5.91 Å². The fourth-order valence-electron chi connectivity index (χ4n) is 1.55. The van der Waals surface area contributed by atoms with Crippen molar-refractivity contribution in [2.45, 2.75) is 20.3 Å². The molecule has 1 rings (SSSR count). The normalized spacial score (nSPS) is 10.3. The summed E-state index contributed by atoms with van der Waals surface area (Å²) in [5.74, 6) is 0.943. The van der Waals surface area contributed by atoms with Gasteiger partial charge in [-0.1, -0.05) is 6.92 Å². The van der Waals surface area contributed by atoms with E-state index in [9.17, 15) is 4.79 Å². The number of rotatable bonds is 5. The molecule has 1 aromatic heterocycles. The molecule has 18 heavy (non-hydrogen) atoms. The van der Waals surface area contributed by atoms with Gasteiger partial charge in [-0.05, 0) is 40.9 Å². The molecule has 0 saturated heterocycles. The van der Waals surface area contributed by atoms with Crippen LogP contribution in [0.1, 0.15) is 18.9 Å². The monoisotopic (exact) mass is 313 g/mol. The van der Waals surface area contributed by atoms with Gasteiger partial charge in [0.2, 0.25) is 5.91 Å². The van der Waals surface area contributed by atoms with Crippen molar-refractivity contribution in [2.75, 3.05) is 32.1 Å². The summed E-state index contributed by atoms with van der Waals surface area (Å²) >= 11 is 3.44. The zero-order valence-electron chi connectivity index (χ0n) is 11.4. The number of aromatic nitrogens is 1. The number of nitrogens with zero attached hydrogens (tertiary/aromatic N) is 3. The highest BCUT2D eigenvalue weighted by Crippen LogP contribution is 2.20. The van der Waals surface area contributed by atoms with E-state index in [0.717, 1.165) is 28.8 Å². The molecule has 1 aromatic rings. The lowest BCUT2D eigenvalue weighted by Gasteiger charge is -2.24. The van der Waals surface area contributed by atoms with Crippen LogP contribution in [0.3, 0.4) is 0 Å². The van der Waals surface area contributed by atoms with Gasteiger partial charge in [0, 0.05) is 31.3 Å². The van der Waals surface area contributed by atoms with Crippen molar-refractivity contribution in [3.8, 4) is 0 Å². The number of halogens is 1. The first-order chi connectivity index (χ1) is 8.45. The van der Waals surface area contributed by atoms with Crippen LogP contribution in [0.25, 0.3) is 0 Å². The SMILES string of the molecule is CCCN(CC(=O)N(C)C)c1cc(C)c(Br)cn1. The van der Waals surface area contributed by atoms with Gasteiger partial charge in [-0.2, -0.15) is 0 Å². The molecular weight excluding hydrogens is 294 g/mol. The predicted molar refractivity (Wildman–Crippen MR) is 77.9 cm³/mol. The van der Waals surface area contributed by atoms with E-state index in [1.54, 1.807) is 25.2 Å². The third-order valence-corrected chi connectivity index (χ3v) is 3.51. The van der Waals surface area contributed by atoms with Gasteiger partial charge in [0.15, 0.2) is 0 Å². The Hall–Kier alpha value is -1.10. The molecule has 1 heterocycles. The molecular formula is C13H20BrN3O. The minimum atomic E-state index is 0.0887. The average Bonchev–Trinajstić information content (AvgIpc) is 2.32. The predicted octanol–water partition coefficient (Wildman–Crippen LogP) is 2.46. The molecule has 0 aliphatic rings. The summed E-state index contributed by atoms with van der Waals surface area (Å²) in [5.41, 5.74) is 1.12. The molecule has 1 amide bonds. The molecule has 4 nitrogen and oxygen atoms in total. The first kappa shape index (κ1) is 15.0. The Morgan fingerprint density at radius 1 is 1.44 bits per heavy atom. The van der Waals surface area contributed by atoms with Crippen molar-refractivity contribution >= 4 is 27.7 Å². The van der Waals surface area contributed by atoms with E-state index in [1.165, 1.54) is 0 Å². The van der Waals surface area contributed by atoms with E-state index in [2.05, 4.69) is 27.8 Å². The van der Waals surface area contributed by atoms with Crippen molar-refractivity contribution in [3.05, 3.63) is 22.3 Å². The largest absolute Gasteiger partial charge is 0.347 e. The molecule has 0 spiro atoms. The molecule has 0 atom stereocenters. The summed E-state index contributed by atoms with van der Waals surface area (Å²) < 4.78 is 0.988. The van der Waals surface area contributed by atoms with Crippen LogP contribution in [0.4, 0.5) is 5.82 Å². The van der Waals surface area contributed by atoms with Crippen LogP contribution in [-0.4, -0.2) is 43.0 Å². The summed E-state index contributed by atoms with van der Waals surface area (Å²) in [4.78, 5) is 19.8. The molecule has 0 radical (unpaired) electrons. The Kier molecular flexibility index (Phi) is 5.59. The molecule has 0 unspecified atom stereocenters. The van der Waals surface area contributed by atoms with Gasteiger partial charge in [0.1, 0.15) is 5.82 Å². The topological polar surface area (TPSA) is 36.4 Å². The highest BCUT2D eigenvalue weighted by molar-refractivity contribution is 9.10. The second-order valence-corrected chi connectivity index (χ2v) is 5.36. The molecule has 0 fully saturated rings. The quantitative estimate of drug-likeness (QED) is 0.838. The van der Waals surface area contributed by atoms with Gasteiger partial charge in [-0.3, -0.25) is 4.79 Å². The summed E-state index contributed by atoms with van der Waals surface area (Å²) in [7, 11) is 3.54. The van der Waals surface area contributed by atoms with E-state index >= 15 is 0 Å². The van der Waals surface area contributed by atoms with Crippen molar-refractivity contribution in [3.63, 3.8) is 0 Å². The first-order valence-electron chi connectivity index (χ1n) is 6.03. The lowest BCUT2D eigenvalue weighted by atomic mass is 10.2. The van der Waals surface area contributed by atoms with Crippen LogP contribution < -0.4 is 4.90 Å². The Morgan fingerprint density at radius 2 is 2.11 bits per heavy atom. The molecule has 0 aliphatic carbocycles. The zero-order valence-corrected chi connectivity index (χ0v) is 13.0. The maximum atomic E-state index is 11.8. The third-order valence-electron chi connectivity index (χ3n) is 2.67. The first-order valence-corrected chi connectivity index (χ1v) is 6.82. The Morgan fingerprint density at radius 3 is 2.61 bits per heavy atom. The molecule has 0 N–H and O–H groups in total. The number of likely N-dealkylation sites (N-methyl/N-ethyl adjacent to an activating group) is 1. The number of pyridine rings is 1. The molecule has 0 bridgehead atoms. The molecule has 0 aromatic carbocycles. The smallest absolute Gasteiger partial charge is 0.241 e. The number of hydrogen-bond acceptors (Lipinski definition) is 3. The fraction of sp³-hybridized carbons (Fsp3) is 0.538. The second-order valence-electron chi connectivity index (χ2n) is 4.50. The molecule has 5 heteroatoms. The molecule has 0 saturated carbocycles. The van der Waals surface area contributed by atoms with Gasteiger partial charge in [-0.15, -0.1) is 0 Å². The Labute approximate surface area is 117 Å². The number of anilines is 1. The molecule has 100 valence electrons. The number of amides is 1. The van der Waals surface area contributed by atoms with Crippen LogP contribution in [0.2, 0.25) is 0 Å². The van der Waals surface area contributed by atoms with Crippen molar-refractivity contribution < 1.29 is 4.79 Å². The van der Waals surface area contributed by atoms with Crippen LogP contribution in [0.5, 0.6) is 0 Å². The summed E-state index contributed by atoms with van der Waals surface area (Å²) in [6, 6.07) is 2.00. The van der Waals surface area contributed by atoms with E-state index in [0.29, 0.717) is 6.54 Å². The lowest BCUT2D eigenvalue weighted by molar-refractivity contribution is -0.127. The third kappa shape index (κ3) is 3.98. The van der Waals surface area contributed by atoms with E-state index < -0.39 is 0 Å². The number of carbonyl (C=O) groups excluding carboxylic acids is 1. The number of aryl methyl sites for hydroxylation is 1. The maximum Gasteiger partial charge on any atom is 0.241 e. The average molecular weight is 314 g/mol. The number of carbonyl (C=O) groups is 1. The minimum Gasteiger partial charge on any atom is -0.347 e. The number of hydrogen-bond donors (Lipinski definition) is 0. The minimum absolute atomic E-state index is 0.0887. The van der Waals surface area contributed by atoms with Gasteiger partial charge in [-0.25, -0.2) is 4.98 Å². The fourth-order valence-corrected chi connectivity index (χ4v) is 1.76. The zero-order chi connectivity index (χ0) is 13.7.